The Kier molecular flexibility index (Phi) is 7.11. The third-order valence-electron chi connectivity index (χ3n) is 6.15. The lowest BCUT2D eigenvalue weighted by atomic mass is 9.80. The van der Waals surface area contributed by atoms with E-state index in [-0.39, 0.29) is 30.1 Å². The number of piperazine rings is 1. The molecule has 0 aromatic carbocycles. The number of nitrogens with zero attached hydrogens (tertiary/aromatic N) is 1. The second-order valence-corrected chi connectivity index (χ2v) is 7.61. The van der Waals surface area contributed by atoms with Crippen LogP contribution in [0.3, 0.4) is 0 Å². The highest BCUT2D eigenvalue weighted by Gasteiger charge is 2.54. The molecule has 2 saturated heterocycles. The Morgan fingerprint density at radius 3 is 2.48 bits per heavy atom. The fraction of sp³-hybridized carbons (Fsp3) is 0.889. The van der Waals surface area contributed by atoms with E-state index >= 15 is 0 Å². The summed E-state index contributed by atoms with van der Waals surface area (Å²) in [5, 5.41) is 16.9. The van der Waals surface area contributed by atoms with E-state index in [1.807, 2.05) is 0 Å². The van der Waals surface area contributed by atoms with E-state index in [1.54, 1.807) is 4.90 Å². The van der Waals surface area contributed by atoms with Crippen molar-refractivity contribution in [3.05, 3.63) is 0 Å². The Balaban J connectivity index is 0.00000225. The monoisotopic (exact) mass is 373 g/mol. The predicted molar refractivity (Wildman–Crippen MR) is 98.6 cm³/mol. The zero-order valence-electron chi connectivity index (χ0n) is 15.1. The van der Waals surface area contributed by atoms with Crippen molar-refractivity contribution in [3.8, 4) is 0 Å². The minimum Gasteiger partial charge on any atom is -0.390 e. The Hall–Kier alpha value is -0.850. The third-order valence-corrected chi connectivity index (χ3v) is 6.15. The van der Waals surface area contributed by atoms with Gasteiger partial charge in [0.1, 0.15) is 11.6 Å². The quantitative estimate of drug-likeness (QED) is 0.676. The van der Waals surface area contributed by atoms with Crippen LogP contribution >= 0.6 is 12.4 Å². The number of rotatable bonds is 5. The van der Waals surface area contributed by atoms with Gasteiger partial charge in [-0.05, 0) is 51.1 Å². The van der Waals surface area contributed by atoms with Crippen molar-refractivity contribution in [3.63, 3.8) is 0 Å². The van der Waals surface area contributed by atoms with Gasteiger partial charge in [0, 0.05) is 6.54 Å². The number of hydrogen-bond donors (Lipinski definition) is 3. The van der Waals surface area contributed by atoms with Crippen molar-refractivity contribution in [2.24, 2.45) is 5.92 Å². The van der Waals surface area contributed by atoms with Crippen LogP contribution in [0, 0.1) is 5.92 Å². The Morgan fingerprint density at radius 1 is 1.24 bits per heavy atom. The van der Waals surface area contributed by atoms with Crippen LogP contribution < -0.4 is 10.6 Å². The molecule has 3 fully saturated rings. The van der Waals surface area contributed by atoms with Crippen LogP contribution in [0.1, 0.15) is 58.3 Å². The summed E-state index contributed by atoms with van der Waals surface area (Å²) in [6.07, 6.45) is 6.52. The number of carbonyl (C=O) groups is 2. The zero-order valence-corrected chi connectivity index (χ0v) is 15.9. The van der Waals surface area contributed by atoms with E-state index in [9.17, 15) is 14.7 Å². The summed E-state index contributed by atoms with van der Waals surface area (Å²) in [5.41, 5.74) is -0.719. The standard InChI is InChI=1S/C18H31N3O3.ClH/c1-2-3-12-21-16(23)14(15(22)13-6-4-5-7-13)20-17(24)18(21)8-10-19-11-9-18;/h13-15,19,22H,2-12H2,1H3,(H,20,24);1H/t14-,15-;/m1./s1. The van der Waals surface area contributed by atoms with Gasteiger partial charge in [0.25, 0.3) is 0 Å². The summed E-state index contributed by atoms with van der Waals surface area (Å²) in [5.74, 6) is -0.0135. The highest BCUT2D eigenvalue weighted by Crippen LogP contribution is 2.35. The average Bonchev–Trinajstić information content (AvgIpc) is 3.13. The maximum absolute atomic E-state index is 13.2. The molecule has 3 aliphatic rings. The van der Waals surface area contributed by atoms with Crippen LogP contribution in [-0.2, 0) is 9.59 Å². The number of aliphatic hydroxyl groups is 1. The number of hydrogen-bond acceptors (Lipinski definition) is 4. The van der Waals surface area contributed by atoms with Gasteiger partial charge in [-0.25, -0.2) is 0 Å². The van der Waals surface area contributed by atoms with Crippen molar-refractivity contribution in [2.45, 2.75) is 76.0 Å². The first-order chi connectivity index (χ1) is 11.6. The van der Waals surface area contributed by atoms with Crippen LogP contribution in [0.5, 0.6) is 0 Å². The molecule has 2 atom stereocenters. The Labute approximate surface area is 156 Å². The van der Waals surface area contributed by atoms with Crippen molar-refractivity contribution >= 4 is 24.2 Å². The van der Waals surface area contributed by atoms with Gasteiger partial charge in [-0.2, -0.15) is 0 Å². The number of carbonyl (C=O) groups excluding carboxylic acids is 2. The average molecular weight is 374 g/mol. The molecule has 1 spiro atoms. The molecule has 2 heterocycles. The van der Waals surface area contributed by atoms with Gasteiger partial charge >= 0.3 is 0 Å². The molecule has 0 unspecified atom stereocenters. The summed E-state index contributed by atoms with van der Waals surface area (Å²) >= 11 is 0. The topological polar surface area (TPSA) is 81.7 Å². The second kappa shape index (κ2) is 8.69. The predicted octanol–water partition coefficient (Wildman–Crippen LogP) is 1.21. The van der Waals surface area contributed by atoms with Crippen LogP contribution in [0.25, 0.3) is 0 Å². The first kappa shape index (κ1) is 20.5. The number of nitrogens with one attached hydrogen (secondary N) is 2. The number of amides is 2. The molecule has 25 heavy (non-hydrogen) atoms. The molecule has 0 aromatic heterocycles. The smallest absolute Gasteiger partial charge is 0.248 e. The van der Waals surface area contributed by atoms with E-state index in [2.05, 4.69) is 17.6 Å². The van der Waals surface area contributed by atoms with E-state index in [1.165, 1.54) is 0 Å². The fourth-order valence-electron chi connectivity index (χ4n) is 4.62. The van der Waals surface area contributed by atoms with Gasteiger partial charge in [-0.15, -0.1) is 12.4 Å². The summed E-state index contributed by atoms with van der Waals surface area (Å²) in [7, 11) is 0. The van der Waals surface area contributed by atoms with E-state index in [0.717, 1.165) is 51.6 Å². The van der Waals surface area contributed by atoms with Gasteiger partial charge in [0.2, 0.25) is 11.8 Å². The number of unbranched alkanes of at least 4 members (excludes halogenated alkanes) is 1. The van der Waals surface area contributed by atoms with E-state index in [4.69, 9.17) is 0 Å². The van der Waals surface area contributed by atoms with E-state index in [0.29, 0.717) is 19.4 Å². The van der Waals surface area contributed by atoms with Crippen LogP contribution in [0.15, 0.2) is 0 Å². The lowest BCUT2D eigenvalue weighted by Crippen LogP contribution is -2.74. The molecule has 6 nitrogen and oxygen atoms in total. The number of halogens is 1. The zero-order chi connectivity index (χ0) is 17.2. The van der Waals surface area contributed by atoms with E-state index < -0.39 is 17.7 Å². The highest BCUT2D eigenvalue weighted by molar-refractivity contribution is 6.00. The SMILES string of the molecule is CCCCN1C(=O)[C@@H]([C@H](O)C2CCCC2)NC(=O)C12CCNCC2.Cl. The summed E-state index contributed by atoms with van der Waals surface area (Å²) in [6.45, 7) is 4.20. The molecular weight excluding hydrogens is 342 g/mol. The molecule has 0 aromatic rings. The van der Waals surface area contributed by atoms with Crippen LogP contribution in [0.4, 0.5) is 0 Å². The van der Waals surface area contributed by atoms with Gasteiger partial charge in [-0.1, -0.05) is 26.2 Å². The number of aliphatic hydroxyl groups excluding tert-OH is 1. The fourth-order valence-corrected chi connectivity index (χ4v) is 4.62. The van der Waals surface area contributed by atoms with Crippen LogP contribution in [-0.4, -0.2) is 59.1 Å². The summed E-state index contributed by atoms with van der Waals surface area (Å²) < 4.78 is 0. The molecule has 2 amide bonds. The highest BCUT2D eigenvalue weighted by atomic mass is 35.5. The van der Waals surface area contributed by atoms with Crippen LogP contribution in [0.2, 0.25) is 0 Å². The lowest BCUT2D eigenvalue weighted by molar-refractivity contribution is -0.164. The first-order valence-corrected chi connectivity index (χ1v) is 9.61. The van der Waals surface area contributed by atoms with Gasteiger partial charge in [-0.3, -0.25) is 9.59 Å². The molecule has 3 N–H and O–H groups in total. The van der Waals surface area contributed by atoms with Crippen molar-refractivity contribution in [1.29, 1.82) is 0 Å². The van der Waals surface area contributed by atoms with Gasteiger partial charge in [0.15, 0.2) is 0 Å². The maximum atomic E-state index is 13.2. The normalized spacial score (nSPS) is 27.9. The molecule has 0 radical (unpaired) electrons. The summed E-state index contributed by atoms with van der Waals surface area (Å²) in [4.78, 5) is 28.0. The minimum absolute atomic E-state index is 0. The molecule has 3 rings (SSSR count). The Bertz CT molecular complexity index is 476. The first-order valence-electron chi connectivity index (χ1n) is 9.61. The Morgan fingerprint density at radius 2 is 1.88 bits per heavy atom. The molecule has 1 saturated carbocycles. The summed E-state index contributed by atoms with van der Waals surface area (Å²) in [6, 6.07) is -0.766. The third kappa shape index (κ3) is 3.81. The molecular formula is C18H32ClN3O3. The molecule has 0 bridgehead atoms. The van der Waals surface area contributed by atoms with Crippen molar-refractivity contribution < 1.29 is 14.7 Å². The second-order valence-electron chi connectivity index (χ2n) is 7.61. The minimum atomic E-state index is -0.766. The molecule has 1 aliphatic carbocycles. The molecule has 7 heteroatoms. The number of piperidine rings is 1. The molecule has 144 valence electrons. The molecule has 2 aliphatic heterocycles. The van der Waals surface area contributed by atoms with Gasteiger partial charge < -0.3 is 20.6 Å². The van der Waals surface area contributed by atoms with Crippen molar-refractivity contribution in [2.75, 3.05) is 19.6 Å². The van der Waals surface area contributed by atoms with Crippen molar-refractivity contribution in [1.82, 2.24) is 15.5 Å². The maximum Gasteiger partial charge on any atom is 0.248 e. The lowest BCUT2D eigenvalue weighted by Gasteiger charge is -2.51. The largest absolute Gasteiger partial charge is 0.390 e. The van der Waals surface area contributed by atoms with Gasteiger partial charge in [0.05, 0.1) is 6.10 Å².